The Bertz CT molecular complexity index is 351. The van der Waals surface area contributed by atoms with Gasteiger partial charge in [-0.25, -0.2) is 0 Å². The van der Waals surface area contributed by atoms with Crippen molar-refractivity contribution >= 4 is 16.9 Å². The Hall–Kier alpha value is -1.20. The van der Waals surface area contributed by atoms with E-state index in [1.54, 1.807) is 6.92 Å². The Morgan fingerprint density at radius 2 is 2.13 bits per heavy atom. The molecule has 1 atom stereocenters. The molecule has 0 saturated carbocycles. The molecule has 0 aliphatic heterocycles. The molecule has 0 heterocycles. The first-order valence-electron chi connectivity index (χ1n) is 4.89. The zero-order valence-electron chi connectivity index (χ0n) is 8.77. The molecule has 0 spiro atoms. The van der Waals surface area contributed by atoms with Gasteiger partial charge in [0.05, 0.1) is 5.25 Å². The van der Waals surface area contributed by atoms with Crippen LogP contribution in [-0.2, 0) is 11.2 Å². The Balaban J connectivity index is 2.42. The maximum Gasteiger partial charge on any atom is 0.187 e. The lowest BCUT2D eigenvalue weighted by Crippen LogP contribution is -2.03. The third-order valence-corrected chi connectivity index (χ3v) is 3.02. The fourth-order valence-corrected chi connectivity index (χ4v) is 2.02. The third kappa shape index (κ3) is 4.71. The molecular formula is C13H14OS. The number of aryl methyl sites for hydroxylation is 1. The highest BCUT2D eigenvalue weighted by atomic mass is 32.2. The molecule has 15 heavy (non-hydrogen) atoms. The van der Waals surface area contributed by atoms with Crippen LogP contribution in [0, 0.1) is 12.3 Å². The summed E-state index contributed by atoms with van der Waals surface area (Å²) < 4.78 is 0. The first-order valence-corrected chi connectivity index (χ1v) is 5.77. The molecule has 0 N–H and O–H groups in total. The molecule has 0 bridgehead atoms. The second-order valence-corrected chi connectivity index (χ2v) is 4.67. The summed E-state index contributed by atoms with van der Waals surface area (Å²) in [6, 6.07) is 10.2. The van der Waals surface area contributed by atoms with Crippen molar-refractivity contribution in [1.29, 1.82) is 0 Å². The van der Waals surface area contributed by atoms with Gasteiger partial charge in [-0.1, -0.05) is 48.0 Å². The normalized spacial score (nSPS) is 11.7. The highest BCUT2D eigenvalue weighted by Crippen LogP contribution is 2.17. The smallest absolute Gasteiger partial charge is 0.187 e. The lowest BCUT2D eigenvalue weighted by Gasteiger charge is -2.07. The minimum atomic E-state index is 0.00251. The lowest BCUT2D eigenvalue weighted by atomic mass is 10.1. The number of rotatable bonds is 4. The molecule has 0 saturated heterocycles. The van der Waals surface area contributed by atoms with Gasteiger partial charge in [-0.15, -0.1) is 6.42 Å². The summed E-state index contributed by atoms with van der Waals surface area (Å²) in [7, 11) is 0. The van der Waals surface area contributed by atoms with Crippen molar-refractivity contribution in [2.24, 2.45) is 0 Å². The Morgan fingerprint density at radius 1 is 1.47 bits per heavy atom. The Morgan fingerprint density at radius 3 is 2.67 bits per heavy atom. The topological polar surface area (TPSA) is 17.1 Å². The van der Waals surface area contributed by atoms with E-state index in [0.29, 0.717) is 0 Å². The molecule has 1 rings (SSSR count). The van der Waals surface area contributed by atoms with E-state index in [9.17, 15) is 4.79 Å². The van der Waals surface area contributed by atoms with Crippen LogP contribution in [0.2, 0.25) is 0 Å². The quantitative estimate of drug-likeness (QED) is 0.723. The van der Waals surface area contributed by atoms with E-state index in [1.165, 1.54) is 17.3 Å². The summed E-state index contributed by atoms with van der Waals surface area (Å²) in [5.74, 6) is 2.65. The van der Waals surface area contributed by atoms with E-state index in [0.717, 1.165) is 12.8 Å². The first-order chi connectivity index (χ1) is 7.22. The second kappa shape index (κ2) is 6.31. The first kappa shape index (κ1) is 11.9. The van der Waals surface area contributed by atoms with Gasteiger partial charge in [-0.3, -0.25) is 4.79 Å². The molecule has 0 amide bonds. The van der Waals surface area contributed by atoms with Gasteiger partial charge in [0.1, 0.15) is 0 Å². The van der Waals surface area contributed by atoms with E-state index in [4.69, 9.17) is 6.42 Å². The highest BCUT2D eigenvalue weighted by molar-refractivity contribution is 8.14. The van der Waals surface area contributed by atoms with E-state index in [2.05, 4.69) is 18.1 Å². The largest absolute Gasteiger partial charge is 0.288 e. The maximum absolute atomic E-state index is 10.9. The maximum atomic E-state index is 10.9. The summed E-state index contributed by atoms with van der Waals surface area (Å²) in [5, 5.41) is 0.0914. The predicted molar refractivity (Wildman–Crippen MR) is 65.7 cm³/mol. The van der Waals surface area contributed by atoms with Gasteiger partial charge in [0.2, 0.25) is 0 Å². The molecule has 0 aliphatic carbocycles. The molecule has 1 aromatic rings. The number of hydrogen-bond donors (Lipinski definition) is 0. The Labute approximate surface area is 95.3 Å². The van der Waals surface area contributed by atoms with E-state index in [1.807, 2.05) is 18.2 Å². The van der Waals surface area contributed by atoms with Crippen LogP contribution in [-0.4, -0.2) is 10.4 Å². The van der Waals surface area contributed by atoms with Crippen LogP contribution in [0.25, 0.3) is 0 Å². The summed E-state index contributed by atoms with van der Waals surface area (Å²) in [6.45, 7) is 1.55. The minimum Gasteiger partial charge on any atom is -0.288 e. The molecule has 0 aromatic heterocycles. The summed E-state index contributed by atoms with van der Waals surface area (Å²) in [4.78, 5) is 10.9. The molecule has 2 heteroatoms. The van der Waals surface area contributed by atoms with Gasteiger partial charge in [-0.05, 0) is 18.4 Å². The van der Waals surface area contributed by atoms with Crippen LogP contribution >= 0.6 is 11.8 Å². The summed E-state index contributed by atoms with van der Waals surface area (Å²) in [5.41, 5.74) is 1.27. The van der Waals surface area contributed by atoms with Gasteiger partial charge < -0.3 is 0 Å². The van der Waals surface area contributed by atoms with Crippen LogP contribution in [0.4, 0.5) is 0 Å². The van der Waals surface area contributed by atoms with Crippen LogP contribution in [0.15, 0.2) is 30.3 Å². The minimum absolute atomic E-state index is 0.00251. The van der Waals surface area contributed by atoms with Crippen molar-refractivity contribution in [3.63, 3.8) is 0 Å². The number of benzene rings is 1. The summed E-state index contributed by atoms with van der Waals surface area (Å²) >= 11 is 1.24. The molecule has 0 radical (unpaired) electrons. The Kier molecular flexibility index (Phi) is 5.00. The fourth-order valence-electron chi connectivity index (χ4n) is 1.32. The van der Waals surface area contributed by atoms with E-state index >= 15 is 0 Å². The van der Waals surface area contributed by atoms with Crippen molar-refractivity contribution < 1.29 is 4.79 Å². The van der Waals surface area contributed by atoms with Crippen molar-refractivity contribution in [3.05, 3.63) is 35.9 Å². The molecular weight excluding hydrogens is 204 g/mol. The van der Waals surface area contributed by atoms with Gasteiger partial charge in [0.15, 0.2) is 5.12 Å². The zero-order chi connectivity index (χ0) is 11.1. The van der Waals surface area contributed by atoms with Gasteiger partial charge in [-0.2, -0.15) is 0 Å². The average Bonchev–Trinajstić information content (AvgIpc) is 2.25. The van der Waals surface area contributed by atoms with Crippen molar-refractivity contribution in [2.75, 3.05) is 0 Å². The molecule has 1 nitrogen and oxygen atoms in total. The second-order valence-electron chi connectivity index (χ2n) is 3.29. The lowest BCUT2D eigenvalue weighted by molar-refractivity contribution is -0.109. The van der Waals surface area contributed by atoms with Gasteiger partial charge >= 0.3 is 0 Å². The number of hydrogen-bond acceptors (Lipinski definition) is 2. The van der Waals surface area contributed by atoms with E-state index < -0.39 is 0 Å². The van der Waals surface area contributed by atoms with Crippen molar-refractivity contribution in [3.8, 4) is 12.3 Å². The van der Waals surface area contributed by atoms with Crippen molar-refractivity contribution in [1.82, 2.24) is 0 Å². The summed E-state index contributed by atoms with van der Waals surface area (Å²) in [6.07, 6.45) is 7.14. The number of thioether (sulfide) groups is 1. The average molecular weight is 218 g/mol. The molecule has 0 unspecified atom stereocenters. The number of carbonyl (C=O) groups excluding carboxylic acids is 1. The van der Waals surface area contributed by atoms with Crippen LogP contribution in [0.5, 0.6) is 0 Å². The molecule has 0 aliphatic rings. The highest BCUT2D eigenvalue weighted by Gasteiger charge is 2.08. The van der Waals surface area contributed by atoms with Gasteiger partial charge in [0.25, 0.3) is 0 Å². The van der Waals surface area contributed by atoms with Gasteiger partial charge in [0, 0.05) is 6.92 Å². The molecule has 1 aromatic carbocycles. The molecule has 78 valence electrons. The van der Waals surface area contributed by atoms with Crippen molar-refractivity contribution in [2.45, 2.75) is 25.0 Å². The number of carbonyl (C=O) groups is 1. The van der Waals surface area contributed by atoms with Crippen LogP contribution in [0.3, 0.4) is 0 Å². The predicted octanol–water partition coefficient (Wildman–Crippen LogP) is 2.90. The van der Waals surface area contributed by atoms with Crippen LogP contribution < -0.4 is 0 Å². The number of terminal acetylenes is 1. The third-order valence-electron chi connectivity index (χ3n) is 2.03. The standard InChI is InChI=1S/C13H14OS/c1-3-13(15-11(2)14)10-9-12-7-5-4-6-8-12/h1,4-8,13H,9-10H2,2H3/t13-/m0/s1. The van der Waals surface area contributed by atoms with E-state index in [-0.39, 0.29) is 10.4 Å². The van der Waals surface area contributed by atoms with Crippen LogP contribution in [0.1, 0.15) is 18.9 Å². The zero-order valence-corrected chi connectivity index (χ0v) is 9.59. The molecule has 0 fully saturated rings. The SMILES string of the molecule is C#C[C@@H](CCc1ccccc1)SC(C)=O. The fraction of sp³-hybridized carbons (Fsp3) is 0.308. The monoisotopic (exact) mass is 218 g/mol.